The molecule has 0 saturated carbocycles. The van der Waals surface area contributed by atoms with Gasteiger partial charge >= 0.3 is 0 Å². The van der Waals surface area contributed by atoms with Crippen molar-refractivity contribution in [1.29, 1.82) is 0 Å². The second-order valence-electron chi connectivity index (χ2n) is 4.84. The van der Waals surface area contributed by atoms with Gasteiger partial charge in [-0.1, -0.05) is 24.3 Å². The lowest BCUT2D eigenvalue weighted by Crippen LogP contribution is -2.31. The standard InChI is InChI=1S/C18H21NO3/c1-4-19(15-8-6-5-7-9-15)18(20)13-14-10-11-16(21-2)17(12-14)22-3/h5-12H,4,13H2,1-3H3. The van der Waals surface area contributed by atoms with E-state index < -0.39 is 0 Å². The molecule has 2 rings (SSSR count). The maximum Gasteiger partial charge on any atom is 0.231 e. The van der Waals surface area contributed by atoms with Gasteiger partial charge in [-0.05, 0) is 36.8 Å². The molecule has 0 unspecified atom stereocenters. The second kappa shape index (κ2) is 7.50. The molecule has 4 nitrogen and oxygen atoms in total. The first-order valence-electron chi connectivity index (χ1n) is 7.26. The fourth-order valence-corrected chi connectivity index (χ4v) is 2.37. The lowest BCUT2D eigenvalue weighted by atomic mass is 10.1. The number of ether oxygens (including phenoxy) is 2. The lowest BCUT2D eigenvalue weighted by Gasteiger charge is -2.21. The molecular weight excluding hydrogens is 278 g/mol. The van der Waals surface area contributed by atoms with Crippen LogP contribution in [0.4, 0.5) is 5.69 Å². The Morgan fingerprint density at radius 1 is 1.00 bits per heavy atom. The molecule has 0 N–H and O–H groups in total. The van der Waals surface area contributed by atoms with Gasteiger partial charge < -0.3 is 14.4 Å². The van der Waals surface area contributed by atoms with E-state index in [0.29, 0.717) is 24.5 Å². The molecule has 0 aliphatic rings. The molecule has 0 aromatic heterocycles. The number of carbonyl (C=O) groups is 1. The van der Waals surface area contributed by atoms with E-state index in [9.17, 15) is 4.79 Å². The van der Waals surface area contributed by atoms with Crippen molar-refractivity contribution < 1.29 is 14.3 Å². The highest BCUT2D eigenvalue weighted by atomic mass is 16.5. The van der Waals surface area contributed by atoms with E-state index in [1.54, 1.807) is 19.1 Å². The number of anilines is 1. The summed E-state index contributed by atoms with van der Waals surface area (Å²) in [5.41, 5.74) is 1.81. The Labute approximate surface area is 131 Å². The Balaban J connectivity index is 2.17. The summed E-state index contributed by atoms with van der Waals surface area (Å²) in [5.74, 6) is 1.35. The van der Waals surface area contributed by atoms with Crippen LogP contribution in [0.2, 0.25) is 0 Å². The van der Waals surface area contributed by atoms with Crippen LogP contribution in [0.1, 0.15) is 12.5 Å². The van der Waals surface area contributed by atoms with Crippen molar-refractivity contribution in [3.05, 3.63) is 54.1 Å². The van der Waals surface area contributed by atoms with Crippen LogP contribution in [0.25, 0.3) is 0 Å². The third kappa shape index (κ3) is 3.58. The minimum absolute atomic E-state index is 0.0564. The first-order valence-corrected chi connectivity index (χ1v) is 7.26. The summed E-state index contributed by atoms with van der Waals surface area (Å²) in [6.07, 6.45) is 0.323. The molecule has 22 heavy (non-hydrogen) atoms. The van der Waals surface area contributed by atoms with E-state index in [4.69, 9.17) is 9.47 Å². The van der Waals surface area contributed by atoms with Crippen LogP contribution >= 0.6 is 0 Å². The molecule has 0 fully saturated rings. The number of para-hydroxylation sites is 1. The van der Waals surface area contributed by atoms with Crippen LogP contribution in [0.15, 0.2) is 48.5 Å². The highest BCUT2D eigenvalue weighted by Gasteiger charge is 2.15. The molecule has 0 spiro atoms. The average molecular weight is 299 g/mol. The summed E-state index contributed by atoms with van der Waals surface area (Å²) < 4.78 is 10.5. The molecule has 0 saturated heterocycles. The topological polar surface area (TPSA) is 38.8 Å². The van der Waals surface area contributed by atoms with Crippen LogP contribution in [0.3, 0.4) is 0 Å². The summed E-state index contributed by atoms with van der Waals surface area (Å²) in [7, 11) is 3.18. The van der Waals surface area contributed by atoms with Crippen molar-refractivity contribution in [1.82, 2.24) is 0 Å². The summed E-state index contributed by atoms with van der Waals surface area (Å²) in [5, 5.41) is 0. The zero-order chi connectivity index (χ0) is 15.9. The van der Waals surface area contributed by atoms with Gasteiger partial charge in [-0.3, -0.25) is 4.79 Å². The fraction of sp³-hybridized carbons (Fsp3) is 0.278. The van der Waals surface area contributed by atoms with Gasteiger partial charge in [-0.25, -0.2) is 0 Å². The predicted octanol–water partition coefficient (Wildman–Crippen LogP) is 3.30. The van der Waals surface area contributed by atoms with E-state index in [1.807, 2.05) is 55.5 Å². The second-order valence-corrected chi connectivity index (χ2v) is 4.84. The lowest BCUT2D eigenvalue weighted by molar-refractivity contribution is -0.117. The molecule has 0 aliphatic carbocycles. The van der Waals surface area contributed by atoms with Gasteiger partial charge in [0.2, 0.25) is 5.91 Å². The molecule has 0 bridgehead atoms. The number of hydrogen-bond donors (Lipinski definition) is 0. The molecule has 2 aromatic rings. The zero-order valence-electron chi connectivity index (χ0n) is 13.2. The maximum atomic E-state index is 12.6. The molecule has 0 heterocycles. The highest BCUT2D eigenvalue weighted by molar-refractivity contribution is 5.94. The molecule has 0 aliphatic heterocycles. The van der Waals surface area contributed by atoms with Crippen molar-refractivity contribution in [2.24, 2.45) is 0 Å². The van der Waals surface area contributed by atoms with Crippen molar-refractivity contribution in [2.45, 2.75) is 13.3 Å². The average Bonchev–Trinajstić information content (AvgIpc) is 2.56. The predicted molar refractivity (Wildman–Crippen MR) is 87.7 cm³/mol. The molecule has 2 aromatic carbocycles. The van der Waals surface area contributed by atoms with Crippen LogP contribution in [-0.2, 0) is 11.2 Å². The molecule has 0 radical (unpaired) electrons. The first-order chi connectivity index (χ1) is 10.7. The van der Waals surface area contributed by atoms with Gasteiger partial charge in [0, 0.05) is 12.2 Å². The van der Waals surface area contributed by atoms with E-state index in [2.05, 4.69) is 0 Å². The molecule has 1 amide bonds. The number of likely N-dealkylation sites (N-methyl/N-ethyl adjacent to an activating group) is 1. The monoisotopic (exact) mass is 299 g/mol. The van der Waals surface area contributed by atoms with Gasteiger partial charge in [0.25, 0.3) is 0 Å². The van der Waals surface area contributed by atoms with Crippen molar-refractivity contribution in [3.8, 4) is 11.5 Å². The minimum atomic E-state index is 0.0564. The van der Waals surface area contributed by atoms with Crippen LogP contribution < -0.4 is 14.4 Å². The molecular formula is C18H21NO3. The van der Waals surface area contributed by atoms with Crippen molar-refractivity contribution in [2.75, 3.05) is 25.7 Å². The highest BCUT2D eigenvalue weighted by Crippen LogP contribution is 2.28. The Morgan fingerprint density at radius 3 is 2.27 bits per heavy atom. The Bertz CT molecular complexity index is 625. The van der Waals surface area contributed by atoms with Crippen LogP contribution in [0.5, 0.6) is 11.5 Å². The number of methoxy groups -OCH3 is 2. The Kier molecular flexibility index (Phi) is 5.42. The smallest absolute Gasteiger partial charge is 0.231 e. The van der Waals surface area contributed by atoms with Gasteiger partial charge in [0.1, 0.15) is 0 Å². The van der Waals surface area contributed by atoms with E-state index in [-0.39, 0.29) is 5.91 Å². The third-order valence-electron chi connectivity index (χ3n) is 3.49. The van der Waals surface area contributed by atoms with Crippen molar-refractivity contribution in [3.63, 3.8) is 0 Å². The van der Waals surface area contributed by atoms with E-state index in [1.165, 1.54) is 0 Å². The Hall–Kier alpha value is -2.49. The van der Waals surface area contributed by atoms with Gasteiger partial charge in [-0.2, -0.15) is 0 Å². The van der Waals surface area contributed by atoms with Gasteiger partial charge in [0.15, 0.2) is 11.5 Å². The van der Waals surface area contributed by atoms with Crippen molar-refractivity contribution >= 4 is 11.6 Å². The third-order valence-corrected chi connectivity index (χ3v) is 3.49. The number of benzene rings is 2. The quantitative estimate of drug-likeness (QED) is 0.821. The number of nitrogens with zero attached hydrogens (tertiary/aromatic N) is 1. The summed E-state index contributed by atoms with van der Waals surface area (Å²) in [6, 6.07) is 15.2. The van der Waals surface area contributed by atoms with Crippen LogP contribution in [-0.4, -0.2) is 26.7 Å². The van der Waals surface area contributed by atoms with Gasteiger partial charge in [-0.15, -0.1) is 0 Å². The van der Waals surface area contributed by atoms with E-state index in [0.717, 1.165) is 11.3 Å². The number of hydrogen-bond acceptors (Lipinski definition) is 3. The molecule has 0 atom stereocenters. The zero-order valence-corrected chi connectivity index (χ0v) is 13.2. The maximum absolute atomic E-state index is 12.6. The SMILES string of the molecule is CCN(C(=O)Cc1ccc(OC)c(OC)c1)c1ccccc1. The Morgan fingerprint density at radius 2 is 1.68 bits per heavy atom. The summed E-state index contributed by atoms with van der Waals surface area (Å²) in [4.78, 5) is 14.3. The fourth-order valence-electron chi connectivity index (χ4n) is 2.37. The molecule has 4 heteroatoms. The normalized spacial score (nSPS) is 10.1. The largest absolute Gasteiger partial charge is 0.493 e. The van der Waals surface area contributed by atoms with Gasteiger partial charge in [0.05, 0.1) is 20.6 Å². The number of carbonyl (C=O) groups excluding carboxylic acids is 1. The number of amides is 1. The summed E-state index contributed by atoms with van der Waals surface area (Å²) >= 11 is 0. The first kappa shape index (κ1) is 15.9. The minimum Gasteiger partial charge on any atom is -0.493 e. The van der Waals surface area contributed by atoms with Crippen LogP contribution in [0, 0.1) is 0 Å². The summed E-state index contributed by atoms with van der Waals surface area (Å²) in [6.45, 7) is 2.61. The molecule has 116 valence electrons. The van der Waals surface area contributed by atoms with E-state index >= 15 is 0 Å². The number of rotatable bonds is 6.